The van der Waals surface area contributed by atoms with Crippen LogP contribution in [0.4, 0.5) is 0 Å². The highest BCUT2D eigenvalue weighted by atomic mass is 16.7. The number of likely N-dealkylation sites (N-methyl/N-ethyl adjacent to an activating group) is 1. The number of hydrogen-bond acceptors (Lipinski definition) is 12. The highest BCUT2D eigenvalue weighted by molar-refractivity contribution is 5.93. The number of fused-ring (bicyclic) bond motifs is 2. The smallest absolute Gasteiger partial charge is 0.325 e. The molecule has 16 nitrogen and oxygen atoms in total. The van der Waals surface area contributed by atoms with E-state index in [1.165, 1.54) is 55.6 Å². The van der Waals surface area contributed by atoms with E-state index in [0.717, 1.165) is 5.06 Å². The zero-order valence-electron chi connectivity index (χ0n) is 34.4. The lowest BCUT2D eigenvalue weighted by atomic mass is 9.84. The molecule has 2 bridgehead atoms. The third kappa shape index (κ3) is 13.9. The van der Waals surface area contributed by atoms with E-state index in [4.69, 9.17) is 9.57 Å². The van der Waals surface area contributed by atoms with Crippen LogP contribution in [-0.4, -0.2) is 117 Å². The molecule has 16 heteroatoms. The molecule has 0 aliphatic carbocycles. The van der Waals surface area contributed by atoms with Crippen molar-refractivity contribution in [3.8, 4) is 5.75 Å². The summed E-state index contributed by atoms with van der Waals surface area (Å²) in [5.74, 6) is -5.75. The van der Waals surface area contributed by atoms with Crippen molar-refractivity contribution in [1.82, 2.24) is 26.1 Å². The number of phenols is 1. The van der Waals surface area contributed by atoms with Gasteiger partial charge in [0.25, 0.3) is 11.8 Å². The van der Waals surface area contributed by atoms with Crippen molar-refractivity contribution in [2.45, 2.75) is 109 Å². The van der Waals surface area contributed by atoms with Crippen LogP contribution in [0.15, 0.2) is 72.4 Å². The summed E-state index contributed by atoms with van der Waals surface area (Å²) >= 11 is 0. The quantitative estimate of drug-likeness (QED) is 0.0826. The SMILES string of the molecule is CON(C)C(=O)/C=C/C=C(\C)[C@@H]1C/C=C/C=C/[C@H](O)[C@H](C)[C@@H](O)[C@@H](CCC(C)O)C(=O)N[C@@H](C(C)C)C(=O)NC(c2cccc(O)c2)C(=O)N2CCCC(N2)C(=O)O1. The Hall–Kier alpha value is -4.87. The molecule has 7 N–H and O–H groups in total. The molecule has 0 saturated carbocycles. The molecular weight excluding hydrogens is 750 g/mol. The number of phenolic OH excluding ortho intramolecular Hbond substituents is 1. The number of carbonyl (C=O) groups is 5. The highest BCUT2D eigenvalue weighted by Crippen LogP contribution is 2.26. The Morgan fingerprint density at radius 1 is 1.10 bits per heavy atom. The molecule has 0 radical (unpaired) electrons. The number of nitrogens with one attached hydrogen (secondary N) is 3. The topological polar surface area (TPSA) is 227 Å². The fourth-order valence-corrected chi connectivity index (χ4v) is 6.50. The van der Waals surface area contributed by atoms with Crippen molar-refractivity contribution >= 4 is 29.6 Å². The van der Waals surface area contributed by atoms with Crippen LogP contribution >= 0.6 is 0 Å². The first kappa shape index (κ1) is 47.5. The number of cyclic esters (lactones) is 1. The number of rotatable bonds is 9. The minimum Gasteiger partial charge on any atom is -0.508 e. The molecule has 320 valence electrons. The monoisotopic (exact) mass is 811 g/mol. The van der Waals surface area contributed by atoms with Crippen LogP contribution in [0.5, 0.6) is 5.75 Å². The fraction of sp³-hybridized carbons (Fsp3) is 0.548. The molecule has 0 aromatic heterocycles. The average Bonchev–Trinajstić information content (AvgIpc) is 3.19. The molecule has 3 unspecified atom stereocenters. The van der Waals surface area contributed by atoms with E-state index in [1.54, 1.807) is 65.0 Å². The van der Waals surface area contributed by atoms with Gasteiger partial charge in [-0.2, -0.15) is 0 Å². The Balaban J connectivity index is 2.09. The molecule has 0 spiro atoms. The number of nitrogens with zero attached hydrogens (tertiary/aromatic N) is 2. The predicted octanol–water partition coefficient (Wildman–Crippen LogP) is 2.27. The molecule has 3 rings (SSSR count). The summed E-state index contributed by atoms with van der Waals surface area (Å²) in [6.45, 7) is 8.45. The number of hydroxylamine groups is 2. The molecule has 4 amide bonds. The van der Waals surface area contributed by atoms with Gasteiger partial charge in [-0.25, -0.2) is 10.5 Å². The maximum absolute atomic E-state index is 14.3. The molecule has 2 aliphatic rings. The van der Waals surface area contributed by atoms with Gasteiger partial charge in [0.15, 0.2) is 0 Å². The summed E-state index contributed by atoms with van der Waals surface area (Å²) in [6.07, 6.45) is 7.71. The molecular formula is C42H61N5O11. The van der Waals surface area contributed by atoms with Crippen LogP contribution in [0.2, 0.25) is 0 Å². The summed E-state index contributed by atoms with van der Waals surface area (Å²) < 4.78 is 5.99. The second-order valence-electron chi connectivity index (χ2n) is 15.2. The standard InChI is InChI=1S/C42H61N5O11/c1-25(2)36-40(54)44-37(29-15-12-16-30(49)24-29)41(55)47-23-13-17-32(45-47)42(56)58-34(26(3)14-11-20-35(51)46(6)57-7)19-10-8-9-18-33(50)28(5)38(52)31(39(53)43-36)22-21-27(4)48/h8-12,14-16,18,20,24-25,27-28,31-34,36-38,45,48-50,52H,13,17,19,21-23H2,1-7H3,(H,43,53)(H,44,54)/b10-8+,18-9+,20-11+,26-14+/t27?,28-,31+,32?,33-,34-,36-,37?,38+/m0/s1. The largest absolute Gasteiger partial charge is 0.508 e. The number of carbonyl (C=O) groups excluding carboxylic acids is 5. The first-order valence-electron chi connectivity index (χ1n) is 19.7. The van der Waals surface area contributed by atoms with Crippen LogP contribution in [0.1, 0.15) is 78.3 Å². The maximum atomic E-state index is 14.3. The van der Waals surface area contributed by atoms with Gasteiger partial charge in [0.1, 0.15) is 30.0 Å². The summed E-state index contributed by atoms with van der Waals surface area (Å²) in [5.41, 5.74) is 3.80. The van der Waals surface area contributed by atoms with Gasteiger partial charge in [-0.05, 0) is 68.7 Å². The lowest BCUT2D eigenvalue weighted by Crippen LogP contribution is -2.59. The number of allylic oxidation sites excluding steroid dienone is 4. The van der Waals surface area contributed by atoms with Gasteiger partial charge < -0.3 is 35.8 Å². The minimum atomic E-state index is -1.39. The van der Waals surface area contributed by atoms with Crippen LogP contribution in [0.3, 0.4) is 0 Å². The highest BCUT2D eigenvalue weighted by Gasteiger charge is 2.39. The number of aliphatic hydroxyl groups is 3. The zero-order valence-corrected chi connectivity index (χ0v) is 34.4. The summed E-state index contributed by atoms with van der Waals surface area (Å²) in [5, 5.41) is 50.7. The summed E-state index contributed by atoms with van der Waals surface area (Å²) in [7, 11) is 2.82. The zero-order chi connectivity index (χ0) is 43.1. The number of benzene rings is 1. The van der Waals surface area contributed by atoms with Crippen molar-refractivity contribution in [3.63, 3.8) is 0 Å². The normalized spacial score (nSPS) is 29.1. The molecule has 58 heavy (non-hydrogen) atoms. The Bertz CT molecular complexity index is 1690. The number of hydrogen-bond donors (Lipinski definition) is 7. The maximum Gasteiger partial charge on any atom is 0.325 e. The van der Waals surface area contributed by atoms with Crippen molar-refractivity contribution in [2.24, 2.45) is 17.8 Å². The molecule has 1 fully saturated rings. The van der Waals surface area contributed by atoms with Crippen LogP contribution in [0.25, 0.3) is 0 Å². The fourth-order valence-electron chi connectivity index (χ4n) is 6.50. The van der Waals surface area contributed by atoms with E-state index in [2.05, 4.69) is 16.1 Å². The van der Waals surface area contributed by atoms with E-state index in [1.807, 2.05) is 0 Å². The van der Waals surface area contributed by atoms with E-state index in [9.17, 15) is 44.4 Å². The van der Waals surface area contributed by atoms with Gasteiger partial charge in [0.2, 0.25) is 11.8 Å². The molecule has 2 aliphatic heterocycles. The second kappa shape index (κ2) is 22.9. The lowest BCUT2D eigenvalue weighted by molar-refractivity contribution is -0.162. The Labute approximate surface area is 340 Å². The third-order valence-electron chi connectivity index (χ3n) is 10.3. The second-order valence-corrected chi connectivity index (χ2v) is 15.2. The number of aliphatic hydroxyl groups excluding tert-OH is 3. The van der Waals surface area contributed by atoms with E-state index in [0.29, 0.717) is 18.4 Å². The Morgan fingerprint density at radius 2 is 1.83 bits per heavy atom. The van der Waals surface area contributed by atoms with E-state index in [-0.39, 0.29) is 37.1 Å². The van der Waals surface area contributed by atoms with Crippen molar-refractivity contribution < 1.29 is 54.0 Å². The third-order valence-corrected chi connectivity index (χ3v) is 10.3. The van der Waals surface area contributed by atoms with Gasteiger partial charge in [-0.15, -0.1) is 0 Å². The molecule has 1 aromatic carbocycles. The van der Waals surface area contributed by atoms with Crippen molar-refractivity contribution in [2.75, 3.05) is 20.7 Å². The van der Waals surface area contributed by atoms with E-state index >= 15 is 0 Å². The van der Waals surface area contributed by atoms with Gasteiger partial charge in [0.05, 0.1) is 31.3 Å². The molecule has 2 heterocycles. The Morgan fingerprint density at radius 3 is 2.48 bits per heavy atom. The van der Waals surface area contributed by atoms with Crippen LogP contribution in [0, 0.1) is 17.8 Å². The van der Waals surface area contributed by atoms with Gasteiger partial charge in [0, 0.05) is 32.0 Å². The number of amides is 4. The number of ether oxygens (including phenoxy) is 1. The first-order valence-corrected chi connectivity index (χ1v) is 19.7. The molecule has 9 atom stereocenters. The van der Waals surface area contributed by atoms with Gasteiger partial charge >= 0.3 is 5.97 Å². The average molecular weight is 812 g/mol. The van der Waals surface area contributed by atoms with Crippen molar-refractivity contribution in [3.05, 3.63) is 77.9 Å². The summed E-state index contributed by atoms with van der Waals surface area (Å²) in [4.78, 5) is 73.1. The van der Waals surface area contributed by atoms with Gasteiger partial charge in [-0.1, -0.05) is 69.4 Å². The number of hydrazine groups is 1. The van der Waals surface area contributed by atoms with Crippen LogP contribution < -0.4 is 16.1 Å². The van der Waals surface area contributed by atoms with Crippen LogP contribution in [-0.2, 0) is 33.5 Å². The predicted molar refractivity (Wildman–Crippen MR) is 215 cm³/mol. The number of esters is 1. The van der Waals surface area contributed by atoms with Gasteiger partial charge in [-0.3, -0.25) is 33.8 Å². The molecule has 1 aromatic rings. The molecule has 1 saturated heterocycles. The summed E-state index contributed by atoms with van der Waals surface area (Å²) in [6, 6.07) is 2.30. The first-order chi connectivity index (χ1) is 27.4. The van der Waals surface area contributed by atoms with E-state index < -0.39 is 89.9 Å². The Kier molecular flexibility index (Phi) is 18.8. The lowest BCUT2D eigenvalue weighted by Gasteiger charge is -2.36. The number of aromatic hydroxyl groups is 1. The van der Waals surface area contributed by atoms with Crippen molar-refractivity contribution in [1.29, 1.82) is 0 Å². The minimum absolute atomic E-state index is 0.0450.